The molecule has 3 aromatic carbocycles. The molecule has 0 bridgehead atoms. The Morgan fingerprint density at radius 3 is 2.10 bits per heavy atom. The highest BCUT2D eigenvalue weighted by atomic mass is 16.6. The molecule has 3 rings (SSSR count). The van der Waals surface area contributed by atoms with E-state index in [1.807, 2.05) is 61.5 Å². The lowest BCUT2D eigenvalue weighted by atomic mass is 9.88. The molecule has 0 saturated heterocycles. The molecule has 0 radical (unpaired) electrons. The topological polar surface area (TPSA) is 64.6 Å². The van der Waals surface area contributed by atoms with Gasteiger partial charge >= 0.3 is 5.97 Å². The fraction of sp³-hybridized carbons (Fsp3) is 0.231. The minimum Gasteiger partial charge on any atom is -0.482 e. The Balaban J connectivity index is 1.42. The second kappa shape index (κ2) is 11.6. The maximum absolute atomic E-state index is 12.1. The molecule has 5 nitrogen and oxygen atoms in total. The van der Waals surface area contributed by atoms with Gasteiger partial charge in [-0.2, -0.15) is 0 Å². The molecule has 0 aliphatic carbocycles. The minimum absolute atomic E-state index is 0.174. The van der Waals surface area contributed by atoms with E-state index in [2.05, 4.69) is 29.6 Å². The van der Waals surface area contributed by atoms with Gasteiger partial charge in [-0.3, -0.25) is 4.79 Å². The highest BCUT2D eigenvalue weighted by Gasteiger charge is 2.14. The molecule has 0 aliphatic rings. The number of esters is 1. The predicted molar refractivity (Wildman–Crippen MR) is 120 cm³/mol. The maximum Gasteiger partial charge on any atom is 0.344 e. The summed E-state index contributed by atoms with van der Waals surface area (Å²) >= 11 is 0. The summed E-state index contributed by atoms with van der Waals surface area (Å²) in [6.07, 6.45) is 0.740. The van der Waals surface area contributed by atoms with Gasteiger partial charge in [0.1, 0.15) is 5.75 Å². The van der Waals surface area contributed by atoms with Crippen molar-refractivity contribution in [3.8, 4) is 5.75 Å². The standard InChI is InChI=1S/C26H27NO4/c1-20-9-8-14-23(17-20)30-19-26(29)31-18-25(28)27-16-15-24(21-10-4-2-5-11-21)22-12-6-3-7-13-22/h2-14,17,24H,15-16,18-19H2,1H3,(H,27,28). The predicted octanol–water partition coefficient (Wildman–Crippen LogP) is 4.26. The monoisotopic (exact) mass is 417 g/mol. The Hall–Kier alpha value is -3.60. The van der Waals surface area contributed by atoms with Crippen LogP contribution in [0.4, 0.5) is 0 Å². The molecule has 1 amide bonds. The van der Waals surface area contributed by atoms with Crippen LogP contribution in [0.1, 0.15) is 29.0 Å². The van der Waals surface area contributed by atoms with Gasteiger partial charge in [0.25, 0.3) is 5.91 Å². The van der Waals surface area contributed by atoms with Crippen molar-refractivity contribution in [3.05, 3.63) is 102 Å². The van der Waals surface area contributed by atoms with Crippen LogP contribution in [-0.4, -0.2) is 31.6 Å². The van der Waals surface area contributed by atoms with Gasteiger partial charge in [0.05, 0.1) is 0 Å². The number of amides is 1. The van der Waals surface area contributed by atoms with E-state index in [4.69, 9.17) is 9.47 Å². The second-order valence-corrected chi connectivity index (χ2v) is 7.28. The van der Waals surface area contributed by atoms with E-state index in [-0.39, 0.29) is 25.0 Å². The van der Waals surface area contributed by atoms with Crippen LogP contribution in [-0.2, 0) is 14.3 Å². The third kappa shape index (κ3) is 7.30. The number of carbonyl (C=O) groups excluding carboxylic acids is 2. The number of hydrogen-bond donors (Lipinski definition) is 1. The summed E-state index contributed by atoms with van der Waals surface area (Å²) in [6, 6.07) is 27.8. The molecule has 160 valence electrons. The lowest BCUT2D eigenvalue weighted by Crippen LogP contribution is -2.31. The number of carbonyl (C=O) groups is 2. The first-order chi connectivity index (χ1) is 15.1. The summed E-state index contributed by atoms with van der Waals surface area (Å²) < 4.78 is 10.4. The third-order valence-corrected chi connectivity index (χ3v) is 4.87. The van der Waals surface area contributed by atoms with E-state index in [0.717, 1.165) is 12.0 Å². The van der Waals surface area contributed by atoms with Gasteiger partial charge in [0.2, 0.25) is 0 Å². The molecule has 5 heteroatoms. The lowest BCUT2D eigenvalue weighted by molar-refractivity contribution is -0.150. The molecule has 0 fully saturated rings. The smallest absolute Gasteiger partial charge is 0.344 e. The van der Waals surface area contributed by atoms with Gasteiger partial charge in [-0.25, -0.2) is 4.79 Å². The van der Waals surface area contributed by atoms with E-state index in [1.165, 1.54) is 11.1 Å². The van der Waals surface area contributed by atoms with Crippen LogP contribution in [0.5, 0.6) is 5.75 Å². The van der Waals surface area contributed by atoms with Gasteiger partial charge in [-0.05, 0) is 42.2 Å². The van der Waals surface area contributed by atoms with E-state index in [0.29, 0.717) is 12.3 Å². The van der Waals surface area contributed by atoms with E-state index >= 15 is 0 Å². The summed E-state index contributed by atoms with van der Waals surface area (Å²) in [4.78, 5) is 23.9. The van der Waals surface area contributed by atoms with Crippen LogP contribution < -0.4 is 10.1 Å². The normalized spacial score (nSPS) is 10.5. The number of benzene rings is 3. The Labute approximate surface area is 183 Å². The van der Waals surface area contributed by atoms with Crippen LogP contribution >= 0.6 is 0 Å². The SMILES string of the molecule is Cc1cccc(OCC(=O)OCC(=O)NCCC(c2ccccc2)c2ccccc2)c1. The number of rotatable bonds is 10. The van der Waals surface area contributed by atoms with Gasteiger partial charge in [-0.15, -0.1) is 0 Å². The fourth-order valence-corrected chi connectivity index (χ4v) is 3.34. The van der Waals surface area contributed by atoms with Crippen molar-refractivity contribution in [1.82, 2.24) is 5.32 Å². The van der Waals surface area contributed by atoms with Crippen molar-refractivity contribution in [2.75, 3.05) is 19.8 Å². The van der Waals surface area contributed by atoms with Crippen molar-refractivity contribution in [1.29, 1.82) is 0 Å². The number of ether oxygens (including phenoxy) is 2. The van der Waals surface area contributed by atoms with Crippen molar-refractivity contribution < 1.29 is 19.1 Å². The van der Waals surface area contributed by atoms with E-state index in [9.17, 15) is 9.59 Å². The van der Waals surface area contributed by atoms with Crippen molar-refractivity contribution >= 4 is 11.9 Å². The molecule has 1 N–H and O–H groups in total. The van der Waals surface area contributed by atoms with Gasteiger partial charge in [0.15, 0.2) is 13.2 Å². The van der Waals surface area contributed by atoms with E-state index in [1.54, 1.807) is 6.07 Å². The van der Waals surface area contributed by atoms with Crippen LogP contribution in [0.2, 0.25) is 0 Å². The average molecular weight is 418 g/mol. The quantitative estimate of drug-likeness (QED) is 0.501. The molecule has 0 saturated carbocycles. The molecular weight excluding hydrogens is 390 g/mol. The molecule has 3 aromatic rings. The molecule has 0 unspecified atom stereocenters. The molecular formula is C26H27NO4. The summed E-state index contributed by atoms with van der Waals surface area (Å²) in [5.41, 5.74) is 3.43. The van der Waals surface area contributed by atoms with Crippen molar-refractivity contribution in [2.45, 2.75) is 19.3 Å². The van der Waals surface area contributed by atoms with Crippen molar-refractivity contribution in [3.63, 3.8) is 0 Å². The first-order valence-electron chi connectivity index (χ1n) is 10.3. The fourth-order valence-electron chi connectivity index (χ4n) is 3.34. The summed E-state index contributed by atoms with van der Waals surface area (Å²) in [6.45, 7) is 1.86. The molecule has 0 heterocycles. The first-order valence-corrected chi connectivity index (χ1v) is 10.3. The second-order valence-electron chi connectivity index (χ2n) is 7.28. The number of aryl methyl sites for hydroxylation is 1. The first kappa shape index (κ1) is 22.1. The van der Waals surface area contributed by atoms with Gasteiger partial charge < -0.3 is 14.8 Å². The average Bonchev–Trinajstić information content (AvgIpc) is 2.80. The highest BCUT2D eigenvalue weighted by molar-refractivity contribution is 5.80. The molecule has 0 atom stereocenters. The summed E-state index contributed by atoms with van der Waals surface area (Å²) in [5, 5.41) is 2.83. The Morgan fingerprint density at radius 1 is 0.839 bits per heavy atom. The Kier molecular flexibility index (Phi) is 8.23. The zero-order chi connectivity index (χ0) is 21.9. The largest absolute Gasteiger partial charge is 0.482 e. The summed E-state index contributed by atoms with van der Waals surface area (Å²) in [5.74, 6) is -0.144. The van der Waals surface area contributed by atoms with Crippen LogP contribution in [0.3, 0.4) is 0 Å². The number of nitrogens with one attached hydrogen (secondary N) is 1. The molecule has 0 aromatic heterocycles. The van der Waals surface area contributed by atoms with Crippen LogP contribution in [0, 0.1) is 6.92 Å². The van der Waals surface area contributed by atoms with Gasteiger partial charge in [0, 0.05) is 12.5 Å². The van der Waals surface area contributed by atoms with Gasteiger partial charge in [-0.1, -0.05) is 72.8 Å². The third-order valence-electron chi connectivity index (χ3n) is 4.87. The van der Waals surface area contributed by atoms with Crippen LogP contribution in [0.15, 0.2) is 84.9 Å². The highest BCUT2D eigenvalue weighted by Crippen LogP contribution is 2.27. The Bertz CT molecular complexity index is 933. The lowest BCUT2D eigenvalue weighted by Gasteiger charge is -2.18. The minimum atomic E-state index is -0.580. The Morgan fingerprint density at radius 2 is 1.48 bits per heavy atom. The zero-order valence-corrected chi connectivity index (χ0v) is 17.6. The van der Waals surface area contributed by atoms with Crippen LogP contribution in [0.25, 0.3) is 0 Å². The maximum atomic E-state index is 12.1. The summed E-state index contributed by atoms with van der Waals surface area (Å²) in [7, 11) is 0. The molecule has 0 aliphatic heterocycles. The zero-order valence-electron chi connectivity index (χ0n) is 17.6. The molecule has 0 spiro atoms. The van der Waals surface area contributed by atoms with Crippen molar-refractivity contribution in [2.24, 2.45) is 0 Å². The molecule has 31 heavy (non-hydrogen) atoms. The number of hydrogen-bond acceptors (Lipinski definition) is 4. The van der Waals surface area contributed by atoms with E-state index < -0.39 is 5.97 Å².